The van der Waals surface area contributed by atoms with Gasteiger partial charge in [0, 0.05) is 5.39 Å². The molecule has 0 aliphatic heterocycles. The van der Waals surface area contributed by atoms with Crippen molar-refractivity contribution in [3.63, 3.8) is 0 Å². The SMILES string of the molecule is COc1ccc(Oc2c([Si](C)(C)C)ccc3ccoc23)cc1. The van der Waals surface area contributed by atoms with Gasteiger partial charge in [-0.2, -0.15) is 0 Å². The summed E-state index contributed by atoms with van der Waals surface area (Å²) in [5.74, 6) is 2.44. The van der Waals surface area contributed by atoms with Gasteiger partial charge in [-0.1, -0.05) is 31.8 Å². The van der Waals surface area contributed by atoms with Crippen LogP contribution in [-0.2, 0) is 0 Å². The van der Waals surface area contributed by atoms with Crippen LogP contribution in [-0.4, -0.2) is 15.2 Å². The molecule has 0 fully saturated rings. The van der Waals surface area contributed by atoms with Crippen molar-refractivity contribution in [2.75, 3.05) is 7.11 Å². The smallest absolute Gasteiger partial charge is 0.176 e. The lowest BCUT2D eigenvalue weighted by Gasteiger charge is -2.21. The number of methoxy groups -OCH3 is 1. The van der Waals surface area contributed by atoms with E-state index in [9.17, 15) is 0 Å². The zero-order valence-electron chi connectivity index (χ0n) is 13.3. The van der Waals surface area contributed by atoms with Crippen molar-refractivity contribution in [2.45, 2.75) is 19.6 Å². The fraction of sp³-hybridized carbons (Fsp3) is 0.222. The van der Waals surface area contributed by atoms with E-state index in [0.29, 0.717) is 0 Å². The van der Waals surface area contributed by atoms with E-state index in [4.69, 9.17) is 13.9 Å². The number of furan rings is 1. The van der Waals surface area contributed by atoms with Gasteiger partial charge < -0.3 is 13.9 Å². The van der Waals surface area contributed by atoms with Gasteiger partial charge in [0.25, 0.3) is 0 Å². The highest BCUT2D eigenvalue weighted by Crippen LogP contribution is 2.31. The molecule has 0 spiro atoms. The third-order valence-electron chi connectivity index (χ3n) is 3.66. The normalized spacial score (nSPS) is 11.6. The fourth-order valence-corrected chi connectivity index (χ4v) is 3.89. The van der Waals surface area contributed by atoms with Crippen molar-refractivity contribution in [3.8, 4) is 17.2 Å². The summed E-state index contributed by atoms with van der Waals surface area (Å²) < 4.78 is 17.1. The maximum absolute atomic E-state index is 6.19. The molecule has 3 nitrogen and oxygen atoms in total. The van der Waals surface area contributed by atoms with Gasteiger partial charge in [0.2, 0.25) is 0 Å². The zero-order chi connectivity index (χ0) is 15.7. The molecule has 1 heterocycles. The maximum Gasteiger partial charge on any atom is 0.176 e. The van der Waals surface area contributed by atoms with Crippen LogP contribution in [0.3, 0.4) is 0 Å². The third-order valence-corrected chi connectivity index (χ3v) is 5.67. The minimum Gasteiger partial charge on any atom is -0.497 e. The molecule has 0 amide bonds. The quantitative estimate of drug-likeness (QED) is 0.650. The average molecular weight is 312 g/mol. The number of ether oxygens (including phenoxy) is 2. The summed E-state index contributed by atoms with van der Waals surface area (Å²) in [4.78, 5) is 0. The van der Waals surface area contributed by atoms with E-state index in [-0.39, 0.29) is 0 Å². The first-order valence-corrected chi connectivity index (χ1v) is 10.8. The predicted molar refractivity (Wildman–Crippen MR) is 92.3 cm³/mol. The first kappa shape index (κ1) is 14.7. The van der Waals surface area contributed by atoms with E-state index in [1.807, 2.05) is 30.3 Å². The van der Waals surface area contributed by atoms with Gasteiger partial charge in [0.05, 0.1) is 21.4 Å². The molecule has 0 radical (unpaired) electrons. The van der Waals surface area contributed by atoms with Crippen molar-refractivity contribution in [3.05, 3.63) is 48.7 Å². The molecule has 0 aliphatic carbocycles. The molecule has 2 aromatic carbocycles. The standard InChI is InChI=1S/C18H20O3Si/c1-19-14-6-8-15(9-7-14)21-18-16(22(2,3)4)10-5-13-11-12-20-17(13)18/h5-12H,1-4H3. The summed E-state index contributed by atoms with van der Waals surface area (Å²) in [6.07, 6.45) is 1.71. The van der Waals surface area contributed by atoms with Gasteiger partial charge >= 0.3 is 0 Å². The lowest BCUT2D eigenvalue weighted by Crippen LogP contribution is -2.38. The van der Waals surface area contributed by atoms with Gasteiger partial charge in [0.15, 0.2) is 11.3 Å². The van der Waals surface area contributed by atoms with Crippen LogP contribution >= 0.6 is 0 Å². The Morgan fingerprint density at radius 2 is 1.55 bits per heavy atom. The Morgan fingerprint density at radius 3 is 2.18 bits per heavy atom. The van der Waals surface area contributed by atoms with E-state index >= 15 is 0 Å². The first-order chi connectivity index (χ1) is 10.5. The molecule has 0 bridgehead atoms. The predicted octanol–water partition coefficient (Wildman–Crippen LogP) is 4.78. The average Bonchev–Trinajstić information content (AvgIpc) is 2.96. The van der Waals surface area contributed by atoms with Gasteiger partial charge in [-0.25, -0.2) is 0 Å². The minimum atomic E-state index is -1.55. The number of hydrogen-bond acceptors (Lipinski definition) is 3. The molecule has 0 saturated carbocycles. The molecule has 3 rings (SSSR count). The van der Waals surface area contributed by atoms with Crippen LogP contribution < -0.4 is 14.7 Å². The van der Waals surface area contributed by atoms with E-state index < -0.39 is 8.07 Å². The summed E-state index contributed by atoms with van der Waals surface area (Å²) in [6.45, 7) is 6.91. The van der Waals surface area contributed by atoms with Gasteiger partial charge in [-0.15, -0.1) is 0 Å². The molecular formula is C18H20O3Si. The maximum atomic E-state index is 6.19. The highest BCUT2D eigenvalue weighted by Gasteiger charge is 2.24. The van der Waals surface area contributed by atoms with Crippen LogP contribution in [0.15, 0.2) is 53.1 Å². The minimum absolute atomic E-state index is 0.782. The Hall–Kier alpha value is -2.20. The van der Waals surface area contributed by atoms with Crippen LogP contribution in [0.2, 0.25) is 19.6 Å². The van der Waals surface area contributed by atoms with Crippen LogP contribution in [0.1, 0.15) is 0 Å². The number of benzene rings is 2. The second-order valence-electron chi connectivity index (χ2n) is 6.31. The van der Waals surface area contributed by atoms with E-state index in [1.54, 1.807) is 13.4 Å². The van der Waals surface area contributed by atoms with Crippen molar-refractivity contribution >= 4 is 24.2 Å². The molecule has 0 saturated heterocycles. The fourth-order valence-electron chi connectivity index (χ4n) is 2.46. The van der Waals surface area contributed by atoms with Crippen LogP contribution in [0.25, 0.3) is 11.0 Å². The molecule has 0 unspecified atom stereocenters. The molecule has 4 heteroatoms. The molecule has 0 aliphatic rings. The molecule has 1 aromatic heterocycles. The summed E-state index contributed by atoms with van der Waals surface area (Å²) in [5, 5.41) is 2.32. The second-order valence-corrected chi connectivity index (χ2v) is 11.3. The third kappa shape index (κ3) is 2.74. The topological polar surface area (TPSA) is 31.6 Å². The Bertz CT molecular complexity index is 782. The molecule has 3 aromatic rings. The number of hydrogen-bond donors (Lipinski definition) is 0. The van der Waals surface area contributed by atoms with Crippen LogP contribution in [0.5, 0.6) is 17.2 Å². The van der Waals surface area contributed by atoms with Crippen molar-refractivity contribution in [1.82, 2.24) is 0 Å². The number of rotatable bonds is 4. The van der Waals surface area contributed by atoms with Crippen LogP contribution in [0, 0.1) is 0 Å². The van der Waals surface area contributed by atoms with Gasteiger partial charge in [-0.3, -0.25) is 0 Å². The highest BCUT2D eigenvalue weighted by molar-refractivity contribution is 6.89. The summed E-state index contributed by atoms with van der Waals surface area (Å²) in [6, 6.07) is 13.8. The van der Waals surface area contributed by atoms with E-state index in [2.05, 4.69) is 31.8 Å². The Morgan fingerprint density at radius 1 is 0.864 bits per heavy atom. The lowest BCUT2D eigenvalue weighted by molar-refractivity contribution is 0.413. The molecule has 114 valence electrons. The lowest BCUT2D eigenvalue weighted by atomic mass is 10.2. The number of fused-ring (bicyclic) bond motifs is 1. The largest absolute Gasteiger partial charge is 0.497 e. The van der Waals surface area contributed by atoms with E-state index in [0.717, 1.165) is 28.2 Å². The molecule has 22 heavy (non-hydrogen) atoms. The molecular weight excluding hydrogens is 292 g/mol. The van der Waals surface area contributed by atoms with Gasteiger partial charge in [-0.05, 0) is 35.5 Å². The Kier molecular flexibility index (Phi) is 3.70. The van der Waals surface area contributed by atoms with Crippen molar-refractivity contribution in [1.29, 1.82) is 0 Å². The Labute approximate surface area is 131 Å². The van der Waals surface area contributed by atoms with Crippen molar-refractivity contribution in [2.24, 2.45) is 0 Å². The van der Waals surface area contributed by atoms with Gasteiger partial charge in [0.1, 0.15) is 11.5 Å². The molecule has 0 N–H and O–H groups in total. The molecule has 0 atom stereocenters. The van der Waals surface area contributed by atoms with E-state index in [1.165, 1.54) is 5.19 Å². The monoisotopic (exact) mass is 312 g/mol. The van der Waals surface area contributed by atoms with Crippen LogP contribution in [0.4, 0.5) is 0 Å². The summed E-state index contributed by atoms with van der Waals surface area (Å²) >= 11 is 0. The summed E-state index contributed by atoms with van der Waals surface area (Å²) in [5.41, 5.74) is 0.816. The zero-order valence-corrected chi connectivity index (χ0v) is 14.3. The summed E-state index contributed by atoms with van der Waals surface area (Å²) in [7, 11) is 0.106. The first-order valence-electron chi connectivity index (χ1n) is 7.31. The van der Waals surface area contributed by atoms with Crippen molar-refractivity contribution < 1.29 is 13.9 Å². The second kappa shape index (κ2) is 5.53. The highest BCUT2D eigenvalue weighted by atomic mass is 28.3. The Balaban J connectivity index is 2.08.